The first-order chi connectivity index (χ1) is 6.06. The standard InChI is InChI=1S/C8H2ClFINO/c9-8(13)5-2-6(10)7(11)1-4(5)3-12/h1-2H. The van der Waals surface area contributed by atoms with Crippen molar-refractivity contribution in [2.75, 3.05) is 0 Å². The van der Waals surface area contributed by atoms with Crippen LogP contribution in [0.15, 0.2) is 12.1 Å². The second-order valence-corrected chi connectivity index (χ2v) is 3.70. The van der Waals surface area contributed by atoms with Crippen LogP contribution in [-0.4, -0.2) is 5.24 Å². The lowest BCUT2D eigenvalue weighted by molar-refractivity contribution is 0.108. The van der Waals surface area contributed by atoms with Gasteiger partial charge in [-0.3, -0.25) is 4.79 Å². The first-order valence-corrected chi connectivity index (χ1v) is 4.61. The van der Waals surface area contributed by atoms with Crippen LogP contribution in [0.1, 0.15) is 15.9 Å². The number of halogens is 3. The summed E-state index contributed by atoms with van der Waals surface area (Å²) < 4.78 is 13.2. The second kappa shape index (κ2) is 4.03. The summed E-state index contributed by atoms with van der Waals surface area (Å²) in [4.78, 5) is 10.7. The van der Waals surface area contributed by atoms with E-state index in [4.69, 9.17) is 16.9 Å². The molecule has 0 atom stereocenters. The zero-order chi connectivity index (χ0) is 10.0. The molecule has 0 aliphatic carbocycles. The number of nitriles is 1. The van der Waals surface area contributed by atoms with Gasteiger partial charge in [0.2, 0.25) is 0 Å². The summed E-state index contributed by atoms with van der Waals surface area (Å²) in [6, 6.07) is 4.02. The van der Waals surface area contributed by atoms with Crippen molar-refractivity contribution >= 4 is 39.4 Å². The predicted octanol–water partition coefficient (Wildman–Crippen LogP) is 2.68. The number of rotatable bonds is 1. The SMILES string of the molecule is N#Cc1cc(I)c(F)cc1C(=O)Cl. The molecule has 0 amide bonds. The van der Waals surface area contributed by atoms with Gasteiger partial charge < -0.3 is 0 Å². The molecular formula is C8H2ClFINO. The molecule has 0 aliphatic heterocycles. The molecule has 0 fully saturated rings. The lowest BCUT2D eigenvalue weighted by Crippen LogP contribution is -1.97. The van der Waals surface area contributed by atoms with Crippen molar-refractivity contribution in [3.8, 4) is 6.07 Å². The third-order valence-corrected chi connectivity index (χ3v) is 2.42. The van der Waals surface area contributed by atoms with Gasteiger partial charge in [0, 0.05) is 0 Å². The lowest BCUT2D eigenvalue weighted by Gasteiger charge is -1.99. The molecule has 0 saturated heterocycles. The average Bonchev–Trinajstić information content (AvgIpc) is 2.08. The van der Waals surface area contributed by atoms with E-state index in [0.717, 1.165) is 6.07 Å². The molecule has 5 heteroatoms. The van der Waals surface area contributed by atoms with Crippen LogP contribution in [0, 0.1) is 20.7 Å². The molecule has 0 aliphatic rings. The quantitative estimate of drug-likeness (QED) is 0.591. The fourth-order valence-corrected chi connectivity index (χ4v) is 1.43. The van der Waals surface area contributed by atoms with E-state index in [-0.39, 0.29) is 14.7 Å². The number of benzene rings is 1. The Hall–Kier alpha value is -0.670. The van der Waals surface area contributed by atoms with Gasteiger partial charge in [-0.15, -0.1) is 0 Å². The van der Waals surface area contributed by atoms with Crippen LogP contribution in [0.25, 0.3) is 0 Å². The molecule has 0 heterocycles. The van der Waals surface area contributed by atoms with Gasteiger partial charge in [0.05, 0.1) is 20.8 Å². The highest BCUT2D eigenvalue weighted by atomic mass is 127. The number of carbonyl (C=O) groups excluding carboxylic acids is 1. The topological polar surface area (TPSA) is 40.9 Å². The van der Waals surface area contributed by atoms with Gasteiger partial charge in [0.15, 0.2) is 0 Å². The van der Waals surface area contributed by atoms with E-state index in [9.17, 15) is 9.18 Å². The number of nitrogens with zero attached hydrogens (tertiary/aromatic N) is 1. The van der Waals surface area contributed by atoms with Gasteiger partial charge in [-0.1, -0.05) is 0 Å². The van der Waals surface area contributed by atoms with E-state index in [0.29, 0.717) is 0 Å². The highest BCUT2D eigenvalue weighted by molar-refractivity contribution is 14.1. The van der Waals surface area contributed by atoms with Crippen molar-refractivity contribution in [3.05, 3.63) is 32.6 Å². The average molecular weight is 309 g/mol. The molecule has 0 bridgehead atoms. The summed E-state index contributed by atoms with van der Waals surface area (Å²) in [6.45, 7) is 0. The number of carbonyl (C=O) groups is 1. The Labute approximate surface area is 92.4 Å². The van der Waals surface area contributed by atoms with Gasteiger partial charge in [0.25, 0.3) is 5.24 Å². The summed E-state index contributed by atoms with van der Waals surface area (Å²) in [5.41, 5.74) is -0.00659. The Morgan fingerprint density at radius 1 is 1.62 bits per heavy atom. The summed E-state index contributed by atoms with van der Waals surface area (Å²) in [5.74, 6) is -0.552. The van der Waals surface area contributed by atoms with Crippen LogP contribution in [0.2, 0.25) is 0 Å². The summed E-state index contributed by atoms with van der Waals surface area (Å²) >= 11 is 6.89. The molecule has 2 nitrogen and oxygen atoms in total. The maximum atomic E-state index is 12.9. The predicted molar refractivity (Wildman–Crippen MR) is 54.0 cm³/mol. The molecule has 0 saturated carbocycles. The first-order valence-electron chi connectivity index (χ1n) is 3.15. The van der Waals surface area contributed by atoms with Crippen molar-refractivity contribution in [2.45, 2.75) is 0 Å². The molecule has 13 heavy (non-hydrogen) atoms. The van der Waals surface area contributed by atoms with Gasteiger partial charge in [-0.2, -0.15) is 5.26 Å². The van der Waals surface area contributed by atoms with Gasteiger partial charge in [0.1, 0.15) is 5.82 Å². The minimum atomic E-state index is -0.827. The Kier molecular flexibility index (Phi) is 3.22. The van der Waals surface area contributed by atoms with Crippen molar-refractivity contribution < 1.29 is 9.18 Å². The van der Waals surface area contributed by atoms with Crippen LogP contribution in [0.4, 0.5) is 4.39 Å². The molecule has 0 spiro atoms. The van der Waals surface area contributed by atoms with E-state index in [1.54, 1.807) is 28.7 Å². The van der Waals surface area contributed by atoms with Crippen molar-refractivity contribution in [3.63, 3.8) is 0 Å². The molecular weight excluding hydrogens is 307 g/mol. The fourth-order valence-electron chi connectivity index (χ4n) is 0.802. The molecule has 0 unspecified atom stereocenters. The van der Waals surface area contributed by atoms with Crippen LogP contribution in [-0.2, 0) is 0 Å². The van der Waals surface area contributed by atoms with Crippen LogP contribution in [0.5, 0.6) is 0 Å². The second-order valence-electron chi connectivity index (χ2n) is 2.20. The first kappa shape index (κ1) is 10.4. The van der Waals surface area contributed by atoms with Crippen molar-refractivity contribution in [1.29, 1.82) is 5.26 Å². The third-order valence-electron chi connectivity index (χ3n) is 1.39. The Balaban J connectivity index is 3.44. The molecule has 0 aromatic heterocycles. The molecule has 0 N–H and O–H groups in total. The normalized spacial score (nSPS) is 9.38. The zero-order valence-corrected chi connectivity index (χ0v) is 9.06. The summed E-state index contributed by atoms with van der Waals surface area (Å²) in [5, 5.41) is 7.77. The van der Waals surface area contributed by atoms with Crippen LogP contribution in [0.3, 0.4) is 0 Å². The van der Waals surface area contributed by atoms with E-state index in [1.807, 2.05) is 0 Å². The minimum absolute atomic E-state index is 0.0887. The van der Waals surface area contributed by atoms with E-state index in [1.165, 1.54) is 6.07 Å². The zero-order valence-electron chi connectivity index (χ0n) is 6.14. The van der Waals surface area contributed by atoms with E-state index < -0.39 is 11.1 Å². The Morgan fingerprint density at radius 2 is 2.23 bits per heavy atom. The molecule has 1 rings (SSSR count). The largest absolute Gasteiger partial charge is 0.276 e. The van der Waals surface area contributed by atoms with Crippen molar-refractivity contribution in [2.24, 2.45) is 0 Å². The smallest absolute Gasteiger partial charge is 0.253 e. The maximum Gasteiger partial charge on any atom is 0.253 e. The Morgan fingerprint density at radius 3 is 2.69 bits per heavy atom. The highest BCUT2D eigenvalue weighted by Crippen LogP contribution is 2.18. The molecule has 0 radical (unpaired) electrons. The molecule has 1 aromatic carbocycles. The van der Waals surface area contributed by atoms with Crippen LogP contribution >= 0.6 is 34.2 Å². The lowest BCUT2D eigenvalue weighted by atomic mass is 10.1. The van der Waals surface area contributed by atoms with Crippen LogP contribution < -0.4 is 0 Å². The minimum Gasteiger partial charge on any atom is -0.276 e. The monoisotopic (exact) mass is 309 g/mol. The Bertz CT molecular complexity index is 413. The summed E-state index contributed by atoms with van der Waals surface area (Å²) in [6.07, 6.45) is 0. The molecule has 66 valence electrons. The number of hydrogen-bond acceptors (Lipinski definition) is 2. The van der Waals surface area contributed by atoms with Gasteiger partial charge in [-0.05, 0) is 46.3 Å². The fraction of sp³-hybridized carbons (Fsp3) is 0. The van der Waals surface area contributed by atoms with Gasteiger partial charge in [-0.25, -0.2) is 4.39 Å². The van der Waals surface area contributed by atoms with Crippen molar-refractivity contribution in [1.82, 2.24) is 0 Å². The number of hydrogen-bond donors (Lipinski definition) is 0. The third kappa shape index (κ3) is 2.17. The highest BCUT2D eigenvalue weighted by Gasteiger charge is 2.12. The van der Waals surface area contributed by atoms with E-state index >= 15 is 0 Å². The van der Waals surface area contributed by atoms with E-state index in [2.05, 4.69) is 0 Å². The van der Waals surface area contributed by atoms with Gasteiger partial charge >= 0.3 is 0 Å². The molecule has 1 aromatic rings. The summed E-state index contributed by atoms with van der Waals surface area (Å²) in [7, 11) is 0. The maximum absolute atomic E-state index is 12.9.